The Labute approximate surface area is 117 Å². The summed E-state index contributed by atoms with van der Waals surface area (Å²) in [6.07, 6.45) is 2.30. The predicted molar refractivity (Wildman–Crippen MR) is 71.9 cm³/mol. The van der Waals surface area contributed by atoms with E-state index in [9.17, 15) is 14.9 Å². The van der Waals surface area contributed by atoms with E-state index in [1.54, 1.807) is 24.3 Å². The molecule has 1 atom stereocenters. The summed E-state index contributed by atoms with van der Waals surface area (Å²) >= 11 is 5.84. The van der Waals surface area contributed by atoms with Crippen LogP contribution >= 0.6 is 11.6 Å². The zero-order valence-corrected chi connectivity index (χ0v) is 11.2. The lowest BCUT2D eigenvalue weighted by Gasteiger charge is -2.17. The van der Waals surface area contributed by atoms with Gasteiger partial charge in [0, 0.05) is 23.4 Å². The molecular weight excluding hydrogens is 262 g/mol. The van der Waals surface area contributed by atoms with E-state index in [0.29, 0.717) is 29.8 Å². The fourth-order valence-electron chi connectivity index (χ4n) is 2.50. The molecule has 98 valence electrons. The van der Waals surface area contributed by atoms with Gasteiger partial charge in [0.05, 0.1) is 6.07 Å². The Bertz CT molecular complexity index is 562. The summed E-state index contributed by atoms with van der Waals surface area (Å²) in [5.74, 6) is -0.0919. The number of nitriles is 1. The number of carbonyl (C=O) groups is 2. The van der Waals surface area contributed by atoms with E-state index >= 15 is 0 Å². The molecule has 1 aromatic rings. The first-order valence-corrected chi connectivity index (χ1v) is 6.68. The van der Waals surface area contributed by atoms with Crippen molar-refractivity contribution in [1.82, 2.24) is 0 Å². The maximum absolute atomic E-state index is 12.0. The van der Waals surface area contributed by atoms with E-state index in [-0.39, 0.29) is 18.0 Å². The highest BCUT2D eigenvalue weighted by atomic mass is 35.5. The molecule has 0 spiro atoms. The van der Waals surface area contributed by atoms with Crippen LogP contribution in [-0.2, 0) is 4.79 Å². The first-order chi connectivity index (χ1) is 9.07. The van der Waals surface area contributed by atoms with Crippen molar-refractivity contribution >= 4 is 23.2 Å². The minimum atomic E-state index is -0.936. The number of hydrogen-bond acceptors (Lipinski definition) is 3. The van der Waals surface area contributed by atoms with Crippen molar-refractivity contribution in [1.29, 1.82) is 5.26 Å². The molecule has 0 N–H and O–H groups in total. The topological polar surface area (TPSA) is 57.9 Å². The van der Waals surface area contributed by atoms with Gasteiger partial charge in [-0.05, 0) is 31.4 Å². The molecule has 1 aliphatic rings. The fraction of sp³-hybridized carbons (Fsp3) is 0.400. The Kier molecular flexibility index (Phi) is 4.01. The van der Waals surface area contributed by atoms with Crippen molar-refractivity contribution in [2.75, 3.05) is 0 Å². The molecule has 1 aliphatic carbocycles. The van der Waals surface area contributed by atoms with E-state index in [0.717, 1.165) is 6.42 Å². The van der Waals surface area contributed by atoms with Gasteiger partial charge in [-0.3, -0.25) is 9.59 Å². The summed E-state index contributed by atoms with van der Waals surface area (Å²) in [4.78, 5) is 23.8. The van der Waals surface area contributed by atoms with Crippen LogP contribution in [0.3, 0.4) is 0 Å². The highest BCUT2D eigenvalue weighted by molar-refractivity contribution is 6.31. The summed E-state index contributed by atoms with van der Waals surface area (Å²) < 4.78 is 0. The van der Waals surface area contributed by atoms with E-state index in [4.69, 9.17) is 11.6 Å². The molecular formula is C15H14ClNO2. The number of benzene rings is 1. The molecule has 2 rings (SSSR count). The van der Waals surface area contributed by atoms with Crippen LogP contribution in [0, 0.1) is 16.7 Å². The first-order valence-electron chi connectivity index (χ1n) is 6.31. The summed E-state index contributed by atoms with van der Waals surface area (Å²) in [6.45, 7) is 0. The number of nitrogens with zero attached hydrogens (tertiary/aromatic N) is 1. The zero-order valence-electron chi connectivity index (χ0n) is 10.5. The van der Waals surface area contributed by atoms with E-state index in [2.05, 4.69) is 6.07 Å². The van der Waals surface area contributed by atoms with Crippen molar-refractivity contribution in [3.05, 3.63) is 34.9 Å². The van der Waals surface area contributed by atoms with Crippen molar-refractivity contribution < 1.29 is 9.59 Å². The Balaban J connectivity index is 2.05. The van der Waals surface area contributed by atoms with Gasteiger partial charge in [0.25, 0.3) is 0 Å². The van der Waals surface area contributed by atoms with Crippen molar-refractivity contribution in [2.45, 2.75) is 32.1 Å². The van der Waals surface area contributed by atoms with Gasteiger partial charge >= 0.3 is 0 Å². The summed E-state index contributed by atoms with van der Waals surface area (Å²) in [5, 5.41) is 9.72. The largest absolute Gasteiger partial charge is 0.298 e. The van der Waals surface area contributed by atoms with Crippen LogP contribution in [0.5, 0.6) is 0 Å². The normalized spacial score (nSPS) is 22.2. The molecule has 0 heterocycles. The van der Waals surface area contributed by atoms with Crippen LogP contribution in [0.4, 0.5) is 0 Å². The van der Waals surface area contributed by atoms with Crippen molar-refractivity contribution in [2.24, 2.45) is 5.41 Å². The van der Waals surface area contributed by atoms with Gasteiger partial charge < -0.3 is 0 Å². The lowest BCUT2D eigenvalue weighted by molar-refractivity contribution is -0.123. The molecule has 1 aromatic carbocycles. The van der Waals surface area contributed by atoms with Gasteiger partial charge in [0.15, 0.2) is 11.6 Å². The SMILES string of the molecule is N#C[C@]1(CCC(=O)c2cccc(Cl)c2)CCCC1=O. The summed E-state index contributed by atoms with van der Waals surface area (Å²) in [5.41, 5.74) is -0.403. The molecule has 0 saturated heterocycles. The minimum Gasteiger partial charge on any atom is -0.298 e. The first kappa shape index (κ1) is 13.8. The molecule has 3 nitrogen and oxygen atoms in total. The molecule has 0 aliphatic heterocycles. The highest BCUT2D eigenvalue weighted by Gasteiger charge is 2.42. The molecule has 0 radical (unpaired) electrons. The van der Waals surface area contributed by atoms with E-state index in [1.165, 1.54) is 0 Å². The number of hydrogen-bond donors (Lipinski definition) is 0. The third kappa shape index (κ3) is 2.85. The van der Waals surface area contributed by atoms with Crippen molar-refractivity contribution in [3.63, 3.8) is 0 Å². The third-order valence-corrected chi connectivity index (χ3v) is 3.92. The third-order valence-electron chi connectivity index (χ3n) is 3.68. The maximum Gasteiger partial charge on any atom is 0.162 e. The van der Waals surface area contributed by atoms with Gasteiger partial charge in [-0.2, -0.15) is 5.26 Å². The van der Waals surface area contributed by atoms with Crippen LogP contribution in [0.1, 0.15) is 42.5 Å². The standard InChI is InChI=1S/C15H14ClNO2/c16-12-4-1-3-11(9-12)13(18)6-8-15(10-17)7-2-5-14(15)19/h1,3-4,9H,2,5-8H2/t15-/m1/s1. The highest BCUT2D eigenvalue weighted by Crippen LogP contribution is 2.38. The number of ketones is 2. The number of rotatable bonds is 4. The van der Waals surface area contributed by atoms with Crippen LogP contribution in [0.2, 0.25) is 5.02 Å². The van der Waals surface area contributed by atoms with Gasteiger partial charge in [-0.15, -0.1) is 0 Å². The van der Waals surface area contributed by atoms with Gasteiger partial charge in [0.1, 0.15) is 5.41 Å². The monoisotopic (exact) mass is 275 g/mol. The molecule has 4 heteroatoms. The summed E-state index contributed by atoms with van der Waals surface area (Å²) in [6, 6.07) is 8.85. The average Bonchev–Trinajstić information content (AvgIpc) is 2.78. The molecule has 0 amide bonds. The lowest BCUT2D eigenvalue weighted by Crippen LogP contribution is -2.24. The average molecular weight is 276 g/mol. The molecule has 1 fully saturated rings. The second-order valence-electron chi connectivity index (χ2n) is 4.90. The molecule has 1 saturated carbocycles. The van der Waals surface area contributed by atoms with E-state index in [1.807, 2.05) is 0 Å². The summed E-state index contributed by atoms with van der Waals surface area (Å²) in [7, 11) is 0. The Morgan fingerprint density at radius 1 is 1.47 bits per heavy atom. The van der Waals surface area contributed by atoms with Crippen LogP contribution in [0.15, 0.2) is 24.3 Å². The smallest absolute Gasteiger partial charge is 0.162 e. The Morgan fingerprint density at radius 2 is 2.26 bits per heavy atom. The second kappa shape index (κ2) is 5.54. The zero-order chi connectivity index (χ0) is 13.9. The van der Waals surface area contributed by atoms with Gasteiger partial charge in [-0.1, -0.05) is 23.7 Å². The Morgan fingerprint density at radius 3 is 2.84 bits per heavy atom. The fourth-order valence-corrected chi connectivity index (χ4v) is 2.69. The van der Waals surface area contributed by atoms with Crippen LogP contribution in [-0.4, -0.2) is 11.6 Å². The van der Waals surface area contributed by atoms with Gasteiger partial charge in [-0.25, -0.2) is 0 Å². The van der Waals surface area contributed by atoms with Crippen LogP contribution in [0.25, 0.3) is 0 Å². The van der Waals surface area contributed by atoms with Crippen molar-refractivity contribution in [3.8, 4) is 6.07 Å². The molecule has 19 heavy (non-hydrogen) atoms. The maximum atomic E-state index is 12.0. The molecule has 0 aromatic heterocycles. The van der Waals surface area contributed by atoms with Crippen LogP contribution < -0.4 is 0 Å². The molecule has 0 unspecified atom stereocenters. The predicted octanol–water partition coefficient (Wildman–Crippen LogP) is 3.57. The molecule has 0 bridgehead atoms. The van der Waals surface area contributed by atoms with E-state index < -0.39 is 5.41 Å². The quantitative estimate of drug-likeness (QED) is 0.789. The number of halogens is 1. The number of carbonyl (C=O) groups excluding carboxylic acids is 2. The Hall–Kier alpha value is -1.66. The second-order valence-corrected chi connectivity index (χ2v) is 5.34. The minimum absolute atomic E-state index is 0.0195. The lowest BCUT2D eigenvalue weighted by atomic mass is 9.81. The number of Topliss-reactive ketones (excluding diaryl/α,β-unsaturated/α-hetero) is 2. The van der Waals surface area contributed by atoms with Gasteiger partial charge in [0.2, 0.25) is 0 Å².